The number of amides is 1. The summed E-state index contributed by atoms with van der Waals surface area (Å²) in [5, 5.41) is 9.13. The van der Waals surface area contributed by atoms with Crippen molar-refractivity contribution in [3.8, 4) is 0 Å². The molecule has 1 amide bonds. The molecule has 21 heavy (non-hydrogen) atoms. The molecule has 3 rings (SSSR count). The lowest BCUT2D eigenvalue weighted by Crippen LogP contribution is -2.40. The molecule has 1 atom stereocenters. The zero-order chi connectivity index (χ0) is 14.8. The predicted octanol–water partition coefficient (Wildman–Crippen LogP) is 2.48. The van der Waals surface area contributed by atoms with Crippen molar-refractivity contribution < 1.29 is 14.7 Å². The fourth-order valence-electron chi connectivity index (χ4n) is 3.25. The van der Waals surface area contributed by atoms with Gasteiger partial charge in [0.25, 0.3) is 0 Å². The molecular weight excluding hydrogens is 266 g/mol. The number of fused-ring (bicyclic) bond motifs is 1. The van der Waals surface area contributed by atoms with Crippen LogP contribution in [0.1, 0.15) is 36.8 Å². The first kappa shape index (κ1) is 13.9. The fraction of sp³-hybridized carbons (Fsp3) is 0.412. The van der Waals surface area contributed by atoms with Gasteiger partial charge in [0.1, 0.15) is 6.04 Å². The van der Waals surface area contributed by atoms with E-state index in [9.17, 15) is 9.59 Å². The zero-order valence-electron chi connectivity index (χ0n) is 11.9. The van der Waals surface area contributed by atoms with Crippen LogP contribution in [-0.4, -0.2) is 34.5 Å². The number of carbonyl (C=O) groups is 2. The Morgan fingerprint density at radius 1 is 1.29 bits per heavy atom. The summed E-state index contributed by atoms with van der Waals surface area (Å²) in [6, 6.07) is 7.63. The quantitative estimate of drug-likeness (QED) is 0.924. The largest absolute Gasteiger partial charge is 0.480 e. The van der Waals surface area contributed by atoms with Gasteiger partial charge in [0, 0.05) is 13.0 Å². The average Bonchev–Trinajstić information content (AvgIpc) is 3.10. The summed E-state index contributed by atoms with van der Waals surface area (Å²) in [5.41, 5.74) is 3.81. The lowest BCUT2D eigenvalue weighted by molar-refractivity contribution is -0.148. The number of aliphatic carboxylic acids is 1. The number of allylic oxidation sites excluding steroid dienone is 1. The van der Waals surface area contributed by atoms with E-state index in [0.29, 0.717) is 19.4 Å². The summed E-state index contributed by atoms with van der Waals surface area (Å²) in [6.07, 6.45) is 5.55. The topological polar surface area (TPSA) is 57.6 Å². The summed E-state index contributed by atoms with van der Waals surface area (Å²) in [5.74, 6) is -0.912. The minimum absolute atomic E-state index is 0.0308. The van der Waals surface area contributed by atoms with E-state index in [1.165, 1.54) is 21.6 Å². The van der Waals surface area contributed by atoms with Gasteiger partial charge in [0.15, 0.2) is 0 Å². The molecule has 1 aliphatic heterocycles. The summed E-state index contributed by atoms with van der Waals surface area (Å²) in [4.78, 5) is 24.9. The molecule has 0 aromatic heterocycles. The maximum Gasteiger partial charge on any atom is 0.326 e. The molecule has 1 N–H and O–H groups in total. The van der Waals surface area contributed by atoms with Crippen LogP contribution >= 0.6 is 0 Å². The summed E-state index contributed by atoms with van der Waals surface area (Å²) in [7, 11) is 0. The number of carboxylic acid groups (broad SMARTS) is 1. The second-order valence-corrected chi connectivity index (χ2v) is 5.76. The van der Waals surface area contributed by atoms with E-state index in [2.05, 4.69) is 18.2 Å². The number of hydrogen-bond donors (Lipinski definition) is 1. The molecule has 1 aromatic rings. The summed E-state index contributed by atoms with van der Waals surface area (Å²) < 4.78 is 0. The normalized spacial score (nSPS) is 20.3. The lowest BCUT2D eigenvalue weighted by Gasteiger charge is -2.21. The molecule has 0 saturated carbocycles. The Morgan fingerprint density at radius 3 is 2.86 bits per heavy atom. The number of benzene rings is 1. The zero-order valence-corrected chi connectivity index (χ0v) is 11.9. The van der Waals surface area contributed by atoms with E-state index in [1.807, 2.05) is 12.1 Å². The molecule has 0 unspecified atom stereocenters. The molecule has 0 radical (unpaired) electrons. The molecule has 0 spiro atoms. The molecule has 1 aliphatic carbocycles. The second kappa shape index (κ2) is 5.72. The van der Waals surface area contributed by atoms with Gasteiger partial charge in [-0.3, -0.25) is 4.79 Å². The van der Waals surface area contributed by atoms with E-state index < -0.39 is 12.0 Å². The minimum atomic E-state index is -0.881. The first-order valence-corrected chi connectivity index (χ1v) is 7.45. The van der Waals surface area contributed by atoms with Crippen LogP contribution in [0.2, 0.25) is 0 Å². The standard InChI is InChI=1S/C17H19NO3/c19-16(18-9-3-6-15(18)17(20)21)8-7-12-10-13-4-1-2-5-14(13)11-12/h1-2,4-5,10,15H,3,6-9,11H2,(H,20,21)/t15-/m0/s1. The summed E-state index contributed by atoms with van der Waals surface area (Å²) in [6.45, 7) is 0.578. The average molecular weight is 285 g/mol. The molecule has 4 heteroatoms. The van der Waals surface area contributed by atoms with Crippen LogP contribution in [0.4, 0.5) is 0 Å². The molecular formula is C17H19NO3. The molecule has 1 fully saturated rings. The third-order valence-electron chi connectivity index (χ3n) is 4.35. The summed E-state index contributed by atoms with van der Waals surface area (Å²) >= 11 is 0. The highest BCUT2D eigenvalue weighted by atomic mass is 16.4. The van der Waals surface area contributed by atoms with Gasteiger partial charge in [-0.1, -0.05) is 35.9 Å². The Hall–Kier alpha value is -2.10. The second-order valence-electron chi connectivity index (χ2n) is 5.76. The van der Waals surface area contributed by atoms with E-state index >= 15 is 0 Å². The molecule has 0 bridgehead atoms. The monoisotopic (exact) mass is 285 g/mol. The first-order valence-electron chi connectivity index (χ1n) is 7.45. The smallest absolute Gasteiger partial charge is 0.326 e. The van der Waals surface area contributed by atoms with E-state index in [-0.39, 0.29) is 5.91 Å². The molecule has 110 valence electrons. The van der Waals surface area contributed by atoms with Crippen LogP contribution in [0.25, 0.3) is 6.08 Å². The first-order chi connectivity index (χ1) is 10.1. The Balaban J connectivity index is 1.57. The lowest BCUT2D eigenvalue weighted by atomic mass is 10.1. The van der Waals surface area contributed by atoms with Crippen molar-refractivity contribution in [2.45, 2.75) is 38.1 Å². The number of likely N-dealkylation sites (tertiary alicyclic amines) is 1. The van der Waals surface area contributed by atoms with Gasteiger partial charge in [-0.25, -0.2) is 4.79 Å². The molecule has 4 nitrogen and oxygen atoms in total. The van der Waals surface area contributed by atoms with Crippen molar-refractivity contribution >= 4 is 18.0 Å². The number of rotatable bonds is 4. The van der Waals surface area contributed by atoms with Gasteiger partial charge in [-0.05, 0) is 36.8 Å². The SMILES string of the molecule is O=C(O)[C@@H]1CCCN1C(=O)CCC1=Cc2ccccc2C1. The van der Waals surface area contributed by atoms with Gasteiger partial charge in [-0.15, -0.1) is 0 Å². The van der Waals surface area contributed by atoms with Gasteiger partial charge in [0.2, 0.25) is 5.91 Å². The number of carbonyl (C=O) groups excluding carboxylic acids is 1. The molecule has 2 aliphatic rings. The van der Waals surface area contributed by atoms with Crippen molar-refractivity contribution in [2.75, 3.05) is 6.54 Å². The Morgan fingerprint density at radius 2 is 2.10 bits per heavy atom. The van der Waals surface area contributed by atoms with Gasteiger partial charge in [0.05, 0.1) is 0 Å². The number of nitrogens with zero attached hydrogens (tertiary/aromatic N) is 1. The maximum atomic E-state index is 12.2. The molecule has 1 aromatic carbocycles. The van der Waals surface area contributed by atoms with Crippen molar-refractivity contribution in [3.05, 3.63) is 41.0 Å². The fourth-order valence-corrected chi connectivity index (χ4v) is 3.25. The highest BCUT2D eigenvalue weighted by Crippen LogP contribution is 2.28. The van der Waals surface area contributed by atoms with Crippen LogP contribution in [-0.2, 0) is 16.0 Å². The van der Waals surface area contributed by atoms with E-state index in [1.54, 1.807) is 0 Å². The van der Waals surface area contributed by atoms with Crippen LogP contribution in [0.5, 0.6) is 0 Å². The van der Waals surface area contributed by atoms with E-state index in [4.69, 9.17) is 5.11 Å². The van der Waals surface area contributed by atoms with Crippen LogP contribution < -0.4 is 0 Å². The Labute approximate surface area is 124 Å². The van der Waals surface area contributed by atoms with E-state index in [0.717, 1.165) is 19.3 Å². The molecule has 1 saturated heterocycles. The van der Waals surface area contributed by atoms with Crippen molar-refractivity contribution in [1.82, 2.24) is 4.90 Å². The van der Waals surface area contributed by atoms with Crippen molar-refractivity contribution in [2.24, 2.45) is 0 Å². The maximum absolute atomic E-state index is 12.2. The molecule has 1 heterocycles. The van der Waals surface area contributed by atoms with Gasteiger partial charge in [-0.2, -0.15) is 0 Å². The van der Waals surface area contributed by atoms with Gasteiger partial charge >= 0.3 is 5.97 Å². The third-order valence-corrected chi connectivity index (χ3v) is 4.35. The highest BCUT2D eigenvalue weighted by molar-refractivity contribution is 5.84. The van der Waals surface area contributed by atoms with Crippen LogP contribution in [0.3, 0.4) is 0 Å². The Bertz CT molecular complexity index is 606. The predicted molar refractivity (Wildman–Crippen MR) is 79.7 cm³/mol. The third kappa shape index (κ3) is 2.84. The highest BCUT2D eigenvalue weighted by Gasteiger charge is 2.33. The number of carboxylic acids is 1. The number of hydrogen-bond acceptors (Lipinski definition) is 2. The van der Waals surface area contributed by atoms with Gasteiger partial charge < -0.3 is 10.0 Å². The Kier molecular flexibility index (Phi) is 3.78. The van der Waals surface area contributed by atoms with Crippen molar-refractivity contribution in [1.29, 1.82) is 0 Å². The van der Waals surface area contributed by atoms with Crippen molar-refractivity contribution in [3.63, 3.8) is 0 Å². The van der Waals surface area contributed by atoms with Crippen LogP contribution in [0, 0.1) is 0 Å². The minimum Gasteiger partial charge on any atom is -0.480 e. The van der Waals surface area contributed by atoms with Crippen LogP contribution in [0.15, 0.2) is 29.8 Å².